The number of carbonyl (C=O) groups is 1. The third kappa shape index (κ3) is 7.56. The van der Waals surface area contributed by atoms with Gasteiger partial charge in [-0.1, -0.05) is 105 Å². The quantitative estimate of drug-likeness (QED) is 0.135. The third-order valence-electron chi connectivity index (χ3n) is 9.41. The molecule has 0 unspecified atom stereocenters. The monoisotopic (exact) mass is 754 g/mol. The SMILES string of the molecule is CC(C)(C)c1cc(NC(=O)NCc2ccccc2Sc2ccc3nnc(-c4cccc(CN5Cc6ccccc6C5)c4)n3c2)n(-c2ccc(Cl)c(O)c2)n1. The number of hydrogen-bond donors (Lipinski definition) is 3. The van der Waals surface area contributed by atoms with Gasteiger partial charge in [-0.15, -0.1) is 10.2 Å². The highest BCUT2D eigenvalue weighted by atomic mass is 35.5. The van der Waals surface area contributed by atoms with Gasteiger partial charge in [-0.25, -0.2) is 9.48 Å². The fraction of sp³-hybridized carbons (Fsp3) is 0.190. The first kappa shape index (κ1) is 35.4. The Hall–Kier alpha value is -5.62. The summed E-state index contributed by atoms with van der Waals surface area (Å²) in [6.07, 6.45) is 2.07. The second-order valence-corrected chi connectivity index (χ2v) is 16.0. The van der Waals surface area contributed by atoms with Crippen LogP contribution in [0.5, 0.6) is 5.75 Å². The summed E-state index contributed by atoms with van der Waals surface area (Å²) < 4.78 is 3.63. The van der Waals surface area contributed by atoms with Crippen molar-refractivity contribution in [2.24, 2.45) is 0 Å². The van der Waals surface area contributed by atoms with E-state index in [1.165, 1.54) is 22.8 Å². The second kappa shape index (κ2) is 14.7. The molecule has 0 fully saturated rings. The number of hydrogen-bond acceptors (Lipinski definition) is 7. The molecule has 0 bridgehead atoms. The number of urea groups is 1. The molecule has 1 aliphatic heterocycles. The number of anilines is 1. The van der Waals surface area contributed by atoms with Gasteiger partial charge >= 0.3 is 6.03 Å². The number of pyridine rings is 1. The van der Waals surface area contributed by atoms with E-state index in [1.807, 2.05) is 61.6 Å². The molecule has 2 amide bonds. The molecule has 0 saturated heterocycles. The molecule has 54 heavy (non-hydrogen) atoms. The molecule has 272 valence electrons. The molecule has 0 aliphatic carbocycles. The maximum Gasteiger partial charge on any atom is 0.320 e. The number of rotatable bonds is 9. The van der Waals surface area contributed by atoms with Crippen molar-refractivity contribution in [1.29, 1.82) is 0 Å². The topological polar surface area (TPSA) is 113 Å². The van der Waals surface area contributed by atoms with Gasteiger partial charge in [0.1, 0.15) is 11.6 Å². The van der Waals surface area contributed by atoms with Gasteiger partial charge in [-0.2, -0.15) is 5.10 Å². The average molecular weight is 755 g/mol. The van der Waals surface area contributed by atoms with Gasteiger partial charge in [0.25, 0.3) is 0 Å². The molecule has 3 N–H and O–H groups in total. The summed E-state index contributed by atoms with van der Waals surface area (Å²) in [4.78, 5) is 17.8. The van der Waals surface area contributed by atoms with Crippen molar-refractivity contribution in [2.75, 3.05) is 5.32 Å². The minimum atomic E-state index is -0.387. The van der Waals surface area contributed by atoms with Crippen molar-refractivity contribution in [3.8, 4) is 22.8 Å². The summed E-state index contributed by atoms with van der Waals surface area (Å²) in [5.41, 5.74) is 7.85. The Morgan fingerprint density at radius 3 is 2.44 bits per heavy atom. The Bertz CT molecular complexity index is 2480. The van der Waals surface area contributed by atoms with Crippen molar-refractivity contribution < 1.29 is 9.90 Å². The van der Waals surface area contributed by atoms with Crippen molar-refractivity contribution in [1.82, 2.24) is 34.6 Å². The summed E-state index contributed by atoms with van der Waals surface area (Å²) in [5.74, 6) is 1.18. The first-order valence-corrected chi connectivity index (χ1v) is 18.9. The standard InChI is InChI=1S/C42H39ClN8O2S/c1-42(2,3)37-21-39(51(48-37)32-15-17-34(43)35(52)20-32)45-41(53)44-22-29-10-6-7-14-36(29)54-33-16-18-38-46-47-40(50(38)26-33)28-13-8-9-27(19-28)23-49-24-30-11-4-5-12-31(30)25-49/h4-21,26,52H,22-25H2,1-3H3,(H2,44,45,53). The minimum absolute atomic E-state index is 0.0693. The molecule has 3 aromatic heterocycles. The fourth-order valence-corrected chi connectivity index (χ4v) is 7.67. The van der Waals surface area contributed by atoms with Crippen LogP contribution in [0, 0.1) is 0 Å². The van der Waals surface area contributed by atoms with Crippen LogP contribution in [0.2, 0.25) is 5.02 Å². The van der Waals surface area contributed by atoms with Crippen molar-refractivity contribution in [3.63, 3.8) is 0 Å². The summed E-state index contributed by atoms with van der Waals surface area (Å²) in [6, 6.07) is 35.6. The lowest BCUT2D eigenvalue weighted by Crippen LogP contribution is -2.29. The molecule has 0 spiro atoms. The van der Waals surface area contributed by atoms with Crippen LogP contribution >= 0.6 is 23.4 Å². The molecule has 0 atom stereocenters. The molecule has 10 nitrogen and oxygen atoms in total. The van der Waals surface area contributed by atoms with E-state index in [2.05, 4.69) is 86.5 Å². The van der Waals surface area contributed by atoms with Crippen LogP contribution in [-0.2, 0) is 31.6 Å². The second-order valence-electron chi connectivity index (χ2n) is 14.5. The van der Waals surface area contributed by atoms with E-state index in [4.69, 9.17) is 16.7 Å². The Morgan fingerprint density at radius 2 is 1.67 bits per heavy atom. The molecule has 8 rings (SSSR count). The summed E-state index contributed by atoms with van der Waals surface area (Å²) in [5, 5.41) is 30.2. The number of phenolic OH excluding ortho intramolecular Hbond substituents is 1. The highest BCUT2D eigenvalue weighted by molar-refractivity contribution is 7.99. The number of amides is 2. The van der Waals surface area contributed by atoms with E-state index in [1.54, 1.807) is 28.6 Å². The fourth-order valence-electron chi connectivity index (χ4n) is 6.59. The molecule has 4 aromatic carbocycles. The van der Waals surface area contributed by atoms with Crippen molar-refractivity contribution in [2.45, 2.75) is 62.2 Å². The van der Waals surface area contributed by atoms with E-state index in [0.717, 1.165) is 57.7 Å². The smallest absolute Gasteiger partial charge is 0.320 e. The predicted octanol–water partition coefficient (Wildman–Crippen LogP) is 9.23. The maximum absolute atomic E-state index is 13.3. The third-order valence-corrected chi connectivity index (χ3v) is 10.8. The minimum Gasteiger partial charge on any atom is -0.506 e. The Balaban J connectivity index is 0.967. The van der Waals surface area contributed by atoms with Crippen LogP contribution < -0.4 is 10.6 Å². The molecule has 0 saturated carbocycles. The van der Waals surface area contributed by atoms with Crippen LogP contribution in [0.4, 0.5) is 10.6 Å². The summed E-state index contributed by atoms with van der Waals surface area (Å²) in [7, 11) is 0. The molecular weight excluding hydrogens is 716 g/mol. The normalized spacial score (nSPS) is 13.0. The first-order valence-electron chi connectivity index (χ1n) is 17.7. The number of nitrogens with one attached hydrogen (secondary N) is 2. The lowest BCUT2D eigenvalue weighted by Gasteiger charge is -2.15. The Kier molecular flexibility index (Phi) is 9.61. The van der Waals surface area contributed by atoms with Gasteiger partial charge in [0.05, 0.1) is 16.4 Å². The number of aromatic hydroxyl groups is 1. The van der Waals surface area contributed by atoms with Crippen LogP contribution in [0.1, 0.15) is 48.7 Å². The number of fused-ring (bicyclic) bond motifs is 2. The lowest BCUT2D eigenvalue weighted by atomic mass is 9.92. The molecule has 4 heterocycles. The van der Waals surface area contributed by atoms with E-state index in [9.17, 15) is 9.90 Å². The van der Waals surface area contributed by atoms with Crippen LogP contribution in [0.3, 0.4) is 0 Å². The number of phenols is 1. The zero-order valence-corrected chi connectivity index (χ0v) is 31.7. The van der Waals surface area contributed by atoms with Gasteiger partial charge in [0.15, 0.2) is 11.5 Å². The highest BCUT2D eigenvalue weighted by Gasteiger charge is 2.23. The van der Waals surface area contributed by atoms with E-state index >= 15 is 0 Å². The number of aromatic nitrogens is 5. The van der Waals surface area contributed by atoms with E-state index in [0.29, 0.717) is 18.1 Å². The van der Waals surface area contributed by atoms with Crippen molar-refractivity contribution >= 4 is 40.9 Å². The molecule has 12 heteroatoms. The zero-order chi connectivity index (χ0) is 37.4. The zero-order valence-electron chi connectivity index (χ0n) is 30.1. The largest absolute Gasteiger partial charge is 0.506 e. The van der Waals surface area contributed by atoms with E-state index < -0.39 is 0 Å². The highest BCUT2D eigenvalue weighted by Crippen LogP contribution is 2.33. The molecule has 1 aliphatic rings. The Labute approximate surface area is 322 Å². The predicted molar refractivity (Wildman–Crippen MR) is 213 cm³/mol. The number of nitrogens with zero attached hydrogens (tertiary/aromatic N) is 6. The summed E-state index contributed by atoms with van der Waals surface area (Å²) in [6.45, 7) is 9.21. The van der Waals surface area contributed by atoms with E-state index in [-0.39, 0.29) is 22.2 Å². The number of carbonyl (C=O) groups excluding carboxylic acids is 1. The molecule has 7 aromatic rings. The van der Waals surface area contributed by atoms with Crippen LogP contribution in [0.25, 0.3) is 22.7 Å². The van der Waals surface area contributed by atoms with Crippen LogP contribution in [-0.4, -0.2) is 40.4 Å². The molecule has 0 radical (unpaired) electrons. The average Bonchev–Trinajstić information content (AvgIpc) is 3.89. The van der Waals surface area contributed by atoms with Gasteiger partial charge in [0, 0.05) is 65.3 Å². The van der Waals surface area contributed by atoms with Crippen LogP contribution in [0.15, 0.2) is 125 Å². The lowest BCUT2D eigenvalue weighted by molar-refractivity contribution is 0.251. The van der Waals surface area contributed by atoms with Gasteiger partial charge in [0.2, 0.25) is 0 Å². The van der Waals surface area contributed by atoms with Gasteiger partial charge in [-0.3, -0.25) is 14.6 Å². The first-order chi connectivity index (χ1) is 26.1. The number of halogens is 1. The van der Waals surface area contributed by atoms with Gasteiger partial charge in [-0.05, 0) is 58.7 Å². The maximum atomic E-state index is 13.3. The Morgan fingerprint density at radius 1 is 0.889 bits per heavy atom. The van der Waals surface area contributed by atoms with Gasteiger partial charge < -0.3 is 10.4 Å². The summed E-state index contributed by atoms with van der Waals surface area (Å²) >= 11 is 7.67. The van der Waals surface area contributed by atoms with Crippen molar-refractivity contribution in [3.05, 3.63) is 148 Å². The molecular formula is C42H39ClN8O2S. The number of benzene rings is 4.